The van der Waals surface area contributed by atoms with E-state index in [4.69, 9.17) is 25.9 Å². The van der Waals surface area contributed by atoms with Gasteiger partial charge in [0.2, 0.25) is 0 Å². The molecule has 4 N–H and O–H groups in total. The Kier molecular flexibility index (Phi) is 30.4. The summed E-state index contributed by atoms with van der Waals surface area (Å²) in [5.74, 6) is 0. The second-order valence-electron chi connectivity index (χ2n) is 10.9. The summed E-state index contributed by atoms with van der Waals surface area (Å²) in [6.07, 6.45) is 25.9. The van der Waals surface area contributed by atoms with Crippen molar-refractivity contribution >= 4 is 20.2 Å². The van der Waals surface area contributed by atoms with E-state index in [2.05, 4.69) is 27.8 Å². The third kappa shape index (κ3) is 32.5. The molecule has 266 valence electrons. The van der Waals surface area contributed by atoms with E-state index in [9.17, 15) is 26.3 Å². The SMILES string of the molecule is CCCCCCCC[N+](C)(CCCCCCCC)CCCCCCCC.O=S(=O)([O-])C(F)(F)F.O=S(=O)([O-])C(F)(F)F.[NH4+]. The minimum atomic E-state index is -6.09. The molecule has 43 heavy (non-hydrogen) atoms. The van der Waals surface area contributed by atoms with E-state index < -0.39 is 31.3 Å². The molecular weight excluding hydrogens is 626 g/mol. The molecule has 0 aromatic carbocycles. The topological polar surface area (TPSA) is 151 Å². The highest BCUT2D eigenvalue weighted by Gasteiger charge is 2.37. The average molecular weight is 685 g/mol. The van der Waals surface area contributed by atoms with Crippen LogP contribution in [-0.2, 0) is 20.2 Å². The van der Waals surface area contributed by atoms with Gasteiger partial charge in [0.25, 0.3) is 0 Å². The van der Waals surface area contributed by atoms with Crippen LogP contribution < -0.4 is 6.15 Å². The number of halogens is 6. The van der Waals surface area contributed by atoms with E-state index in [1.165, 1.54) is 140 Å². The van der Waals surface area contributed by atoms with Crippen LogP contribution in [0.1, 0.15) is 136 Å². The van der Waals surface area contributed by atoms with Crippen LogP contribution in [-0.4, -0.2) is 68.1 Å². The molecule has 8 nitrogen and oxygen atoms in total. The van der Waals surface area contributed by atoms with E-state index in [1.54, 1.807) is 0 Å². The predicted molar refractivity (Wildman–Crippen MR) is 158 cm³/mol. The Morgan fingerprint density at radius 3 is 0.791 bits per heavy atom. The quantitative estimate of drug-likeness (QED) is 0.0419. The zero-order valence-electron chi connectivity index (χ0n) is 26.8. The number of nitrogens with zero attached hydrogens (tertiary/aromatic N) is 1. The highest BCUT2D eigenvalue weighted by molar-refractivity contribution is 7.86. The van der Waals surface area contributed by atoms with Gasteiger partial charge in [-0.05, 0) is 38.5 Å². The molecule has 0 rings (SSSR count). The number of hydrogen-bond acceptors (Lipinski definition) is 6. The molecule has 0 atom stereocenters. The molecule has 0 fully saturated rings. The Morgan fingerprint density at radius 2 is 0.628 bits per heavy atom. The van der Waals surface area contributed by atoms with E-state index in [1.807, 2.05) is 0 Å². The van der Waals surface area contributed by atoms with Crippen LogP contribution in [0.3, 0.4) is 0 Å². The fourth-order valence-electron chi connectivity index (χ4n) is 4.16. The molecule has 0 radical (unpaired) electrons. The monoisotopic (exact) mass is 684 g/mol. The molecule has 0 aliphatic rings. The summed E-state index contributed by atoms with van der Waals surface area (Å²) in [6.45, 7) is 11.2. The van der Waals surface area contributed by atoms with E-state index in [-0.39, 0.29) is 6.15 Å². The van der Waals surface area contributed by atoms with Crippen molar-refractivity contribution in [3.63, 3.8) is 0 Å². The van der Waals surface area contributed by atoms with Gasteiger partial charge in [0.15, 0.2) is 20.2 Å². The molecule has 16 heteroatoms. The Balaban J connectivity index is -0.000000365. The summed E-state index contributed by atoms with van der Waals surface area (Å²) in [4.78, 5) is 0. The lowest BCUT2D eigenvalue weighted by atomic mass is 10.1. The lowest BCUT2D eigenvalue weighted by Gasteiger charge is -2.35. The van der Waals surface area contributed by atoms with Gasteiger partial charge in [-0.1, -0.05) is 97.8 Å². The van der Waals surface area contributed by atoms with Crippen molar-refractivity contribution in [2.75, 3.05) is 26.7 Å². The molecule has 0 bridgehead atoms. The number of hydrogen-bond donors (Lipinski definition) is 1. The molecule has 0 aliphatic heterocycles. The van der Waals surface area contributed by atoms with E-state index in [0.29, 0.717) is 0 Å². The van der Waals surface area contributed by atoms with Crippen molar-refractivity contribution < 1.29 is 56.8 Å². The Labute approximate surface area is 257 Å². The molecule has 0 unspecified atom stereocenters. The minimum absolute atomic E-state index is 0. The second-order valence-corrected chi connectivity index (χ2v) is 13.6. The van der Waals surface area contributed by atoms with Crippen molar-refractivity contribution in [2.45, 2.75) is 147 Å². The lowest BCUT2D eigenvalue weighted by molar-refractivity contribution is -0.910. The van der Waals surface area contributed by atoms with E-state index >= 15 is 0 Å². The molecule has 0 saturated heterocycles. The van der Waals surface area contributed by atoms with Crippen molar-refractivity contribution in [3.05, 3.63) is 0 Å². The normalized spacial score (nSPS) is 12.5. The summed E-state index contributed by atoms with van der Waals surface area (Å²) in [5.41, 5.74) is -11.3. The molecule has 0 saturated carbocycles. The standard InChI is InChI=1S/C25H54N.2CHF3O3S.H3N/c1-5-8-11-14-17-20-23-26(4,24-21-18-15-12-9-6-2)25-22-19-16-13-10-7-3;2*2-1(3,4)8(5,6)7;/h5-25H2,1-4H3;2*(H,5,6,7);1H3/q+1;;;/p-1. The smallest absolute Gasteiger partial charge is 0.485 e. The van der Waals surface area contributed by atoms with Crippen molar-refractivity contribution in [1.29, 1.82) is 0 Å². The number of unbranched alkanes of at least 4 members (excludes halogenated alkanes) is 15. The summed E-state index contributed by atoms with van der Waals surface area (Å²) in [7, 11) is -9.62. The maximum atomic E-state index is 10.7. The summed E-state index contributed by atoms with van der Waals surface area (Å²) < 4.78 is 119. The molecule has 0 aromatic heterocycles. The molecular formula is C27H58F6N2O6S2. The molecule has 0 aromatic rings. The first kappa shape index (κ1) is 49.2. The Bertz CT molecular complexity index is 757. The minimum Gasteiger partial charge on any atom is -0.741 e. The number of quaternary nitrogens is 2. The predicted octanol–water partition coefficient (Wildman–Crippen LogP) is 8.99. The Morgan fingerprint density at radius 1 is 0.465 bits per heavy atom. The average Bonchev–Trinajstić information content (AvgIpc) is 2.84. The zero-order chi connectivity index (χ0) is 33.3. The fourth-order valence-corrected chi connectivity index (χ4v) is 4.16. The molecule has 0 amide bonds. The van der Waals surface area contributed by atoms with Crippen LogP contribution in [0.4, 0.5) is 26.3 Å². The first-order chi connectivity index (χ1) is 19.2. The van der Waals surface area contributed by atoms with E-state index in [0.717, 1.165) is 0 Å². The maximum Gasteiger partial charge on any atom is 0.485 e. The second kappa shape index (κ2) is 26.5. The van der Waals surface area contributed by atoms with Crippen LogP contribution in [0.25, 0.3) is 0 Å². The third-order valence-electron chi connectivity index (χ3n) is 6.72. The fraction of sp³-hybridized carbons (Fsp3) is 1.00. The van der Waals surface area contributed by atoms with Gasteiger partial charge in [0, 0.05) is 0 Å². The molecule has 0 heterocycles. The van der Waals surface area contributed by atoms with Crippen LogP contribution in [0.15, 0.2) is 0 Å². The maximum absolute atomic E-state index is 10.7. The number of alkyl halides is 6. The molecule has 0 aliphatic carbocycles. The largest absolute Gasteiger partial charge is 0.741 e. The van der Waals surface area contributed by atoms with Gasteiger partial charge >= 0.3 is 11.0 Å². The first-order valence-electron chi connectivity index (χ1n) is 15.1. The van der Waals surface area contributed by atoms with Gasteiger partial charge in [-0.2, -0.15) is 26.3 Å². The summed E-state index contributed by atoms with van der Waals surface area (Å²) >= 11 is 0. The zero-order valence-corrected chi connectivity index (χ0v) is 28.5. The lowest BCUT2D eigenvalue weighted by Crippen LogP contribution is -2.46. The Hall–Kier alpha value is -0.680. The van der Waals surface area contributed by atoms with Crippen LogP contribution in [0, 0.1) is 0 Å². The first-order valence-corrected chi connectivity index (χ1v) is 17.9. The van der Waals surface area contributed by atoms with Crippen molar-refractivity contribution in [1.82, 2.24) is 6.15 Å². The third-order valence-corrected chi connectivity index (χ3v) is 7.86. The van der Waals surface area contributed by atoms with Crippen LogP contribution >= 0.6 is 0 Å². The molecule has 0 spiro atoms. The summed E-state index contributed by atoms with van der Waals surface area (Å²) in [5, 5.41) is 0. The van der Waals surface area contributed by atoms with Crippen LogP contribution in [0.5, 0.6) is 0 Å². The van der Waals surface area contributed by atoms with Gasteiger partial charge < -0.3 is 19.7 Å². The highest BCUT2D eigenvalue weighted by atomic mass is 32.2. The van der Waals surface area contributed by atoms with Crippen molar-refractivity contribution in [2.24, 2.45) is 0 Å². The van der Waals surface area contributed by atoms with Gasteiger partial charge in [0.05, 0.1) is 26.7 Å². The van der Waals surface area contributed by atoms with Gasteiger partial charge in [-0.25, -0.2) is 16.8 Å². The van der Waals surface area contributed by atoms with Gasteiger partial charge in [0.1, 0.15) is 0 Å². The van der Waals surface area contributed by atoms with Gasteiger partial charge in [-0.3, -0.25) is 0 Å². The van der Waals surface area contributed by atoms with Crippen molar-refractivity contribution in [3.8, 4) is 0 Å². The highest BCUT2D eigenvalue weighted by Crippen LogP contribution is 2.21. The summed E-state index contributed by atoms with van der Waals surface area (Å²) in [6, 6.07) is 0. The number of rotatable bonds is 21. The van der Waals surface area contributed by atoms with Crippen LogP contribution in [0.2, 0.25) is 0 Å². The van der Waals surface area contributed by atoms with Gasteiger partial charge in [-0.15, -0.1) is 0 Å².